The first-order chi connectivity index (χ1) is 9.69. The van der Waals surface area contributed by atoms with Gasteiger partial charge in [0, 0.05) is 17.2 Å². The van der Waals surface area contributed by atoms with Crippen LogP contribution in [0.1, 0.15) is 39.0 Å². The summed E-state index contributed by atoms with van der Waals surface area (Å²) in [5, 5.41) is 13.6. The standard InChI is InChI=1S/C13H12N4O2S/c14-13-16-8-4-7(11-2-1-3-20-11)5-10(18)12(8)9(17-13)6-15-19/h1-3,6-7,19H,4-5H2,(H2,14,16,17). The third-order valence-electron chi connectivity index (χ3n) is 3.31. The van der Waals surface area contributed by atoms with Crippen molar-refractivity contribution in [2.45, 2.75) is 18.8 Å². The highest BCUT2D eigenvalue weighted by Gasteiger charge is 2.30. The molecule has 2 heterocycles. The summed E-state index contributed by atoms with van der Waals surface area (Å²) in [6.45, 7) is 0. The Morgan fingerprint density at radius 3 is 3.00 bits per heavy atom. The van der Waals surface area contributed by atoms with Crippen LogP contribution in [0.15, 0.2) is 22.7 Å². The highest BCUT2D eigenvalue weighted by atomic mass is 32.1. The van der Waals surface area contributed by atoms with Crippen molar-refractivity contribution in [3.63, 3.8) is 0 Å². The van der Waals surface area contributed by atoms with E-state index in [1.807, 2.05) is 17.5 Å². The summed E-state index contributed by atoms with van der Waals surface area (Å²) in [6.07, 6.45) is 2.17. The van der Waals surface area contributed by atoms with Crippen LogP contribution < -0.4 is 5.73 Å². The van der Waals surface area contributed by atoms with E-state index in [1.165, 1.54) is 4.88 Å². The summed E-state index contributed by atoms with van der Waals surface area (Å²) < 4.78 is 0. The van der Waals surface area contributed by atoms with Crippen molar-refractivity contribution < 1.29 is 10.0 Å². The number of Topliss-reactive ketones (excluding diaryl/α,β-unsaturated/α-hetero) is 1. The molecule has 0 spiro atoms. The number of anilines is 1. The van der Waals surface area contributed by atoms with Gasteiger partial charge in [-0.25, -0.2) is 9.97 Å². The van der Waals surface area contributed by atoms with E-state index in [4.69, 9.17) is 10.9 Å². The van der Waals surface area contributed by atoms with Crippen LogP contribution in [0.25, 0.3) is 0 Å². The number of nitrogens with two attached hydrogens (primary N) is 1. The topological polar surface area (TPSA) is 101 Å². The molecule has 0 fully saturated rings. The van der Waals surface area contributed by atoms with Gasteiger partial charge in [-0.3, -0.25) is 4.79 Å². The molecule has 2 aromatic heterocycles. The maximum absolute atomic E-state index is 12.3. The largest absolute Gasteiger partial charge is 0.411 e. The Kier molecular flexibility index (Phi) is 3.19. The van der Waals surface area contributed by atoms with Crippen LogP contribution in [-0.4, -0.2) is 27.2 Å². The molecule has 102 valence electrons. The lowest BCUT2D eigenvalue weighted by molar-refractivity contribution is 0.0963. The molecule has 1 unspecified atom stereocenters. The van der Waals surface area contributed by atoms with Crippen molar-refractivity contribution in [1.82, 2.24) is 9.97 Å². The molecule has 6 nitrogen and oxygen atoms in total. The second-order valence-electron chi connectivity index (χ2n) is 4.58. The number of thiophene rings is 1. The first-order valence-corrected chi connectivity index (χ1v) is 6.97. The number of hydrogen-bond acceptors (Lipinski definition) is 7. The van der Waals surface area contributed by atoms with Crippen molar-refractivity contribution in [3.8, 4) is 0 Å². The van der Waals surface area contributed by atoms with E-state index >= 15 is 0 Å². The lowest BCUT2D eigenvalue weighted by atomic mass is 9.84. The lowest BCUT2D eigenvalue weighted by Gasteiger charge is -2.22. The van der Waals surface area contributed by atoms with E-state index in [0.29, 0.717) is 24.1 Å². The zero-order chi connectivity index (χ0) is 14.1. The molecule has 0 aromatic carbocycles. The fraction of sp³-hybridized carbons (Fsp3) is 0.231. The zero-order valence-electron chi connectivity index (χ0n) is 10.5. The van der Waals surface area contributed by atoms with Crippen LogP contribution in [0.4, 0.5) is 5.95 Å². The number of hydrogen-bond donors (Lipinski definition) is 2. The Morgan fingerprint density at radius 2 is 2.30 bits per heavy atom. The molecule has 0 bridgehead atoms. The number of oxime groups is 1. The fourth-order valence-corrected chi connectivity index (χ4v) is 3.33. The average molecular weight is 288 g/mol. The van der Waals surface area contributed by atoms with E-state index < -0.39 is 0 Å². The Morgan fingerprint density at radius 1 is 1.45 bits per heavy atom. The van der Waals surface area contributed by atoms with Crippen LogP contribution >= 0.6 is 11.3 Å². The smallest absolute Gasteiger partial charge is 0.220 e. The summed E-state index contributed by atoms with van der Waals surface area (Å²) in [6, 6.07) is 3.99. The minimum atomic E-state index is -0.0421. The van der Waals surface area contributed by atoms with Crippen molar-refractivity contribution >= 4 is 29.3 Å². The molecule has 0 saturated carbocycles. The third kappa shape index (κ3) is 2.16. The minimum absolute atomic E-state index is 0.0421. The SMILES string of the molecule is Nc1nc(C=NO)c2c(n1)CC(c1cccs1)CC2=O. The first kappa shape index (κ1) is 12.7. The van der Waals surface area contributed by atoms with Crippen molar-refractivity contribution in [2.75, 3.05) is 5.73 Å². The number of rotatable bonds is 2. The Bertz CT molecular complexity index is 682. The molecule has 1 aliphatic carbocycles. The highest BCUT2D eigenvalue weighted by Crippen LogP contribution is 2.34. The minimum Gasteiger partial charge on any atom is -0.411 e. The molecule has 0 amide bonds. The van der Waals surface area contributed by atoms with Crippen LogP contribution in [0, 0.1) is 0 Å². The Labute approximate surface area is 119 Å². The summed E-state index contributed by atoms with van der Waals surface area (Å²) in [4.78, 5) is 21.6. The van der Waals surface area contributed by atoms with Crippen LogP contribution in [-0.2, 0) is 6.42 Å². The number of ketones is 1. The van der Waals surface area contributed by atoms with E-state index in [2.05, 4.69) is 15.1 Å². The molecular weight excluding hydrogens is 276 g/mol. The lowest BCUT2D eigenvalue weighted by Crippen LogP contribution is -2.23. The Balaban J connectivity index is 2.06. The van der Waals surface area contributed by atoms with Gasteiger partial charge >= 0.3 is 0 Å². The summed E-state index contributed by atoms with van der Waals surface area (Å²) >= 11 is 1.63. The average Bonchev–Trinajstić information content (AvgIpc) is 2.91. The molecule has 1 aliphatic rings. The van der Waals surface area contributed by atoms with Crippen LogP contribution in [0.2, 0.25) is 0 Å². The zero-order valence-corrected chi connectivity index (χ0v) is 11.3. The molecule has 3 N–H and O–H groups in total. The van der Waals surface area contributed by atoms with Gasteiger partial charge in [0.2, 0.25) is 5.95 Å². The maximum atomic E-state index is 12.3. The number of carbonyl (C=O) groups is 1. The van der Waals surface area contributed by atoms with Gasteiger partial charge < -0.3 is 10.9 Å². The molecule has 20 heavy (non-hydrogen) atoms. The van der Waals surface area contributed by atoms with Gasteiger partial charge in [-0.15, -0.1) is 11.3 Å². The number of carbonyl (C=O) groups excluding carboxylic acids is 1. The second-order valence-corrected chi connectivity index (χ2v) is 5.56. The van der Waals surface area contributed by atoms with Gasteiger partial charge in [-0.1, -0.05) is 11.2 Å². The number of fused-ring (bicyclic) bond motifs is 1. The molecule has 0 radical (unpaired) electrons. The van der Waals surface area contributed by atoms with Crippen molar-refractivity contribution in [2.24, 2.45) is 5.16 Å². The normalized spacial score (nSPS) is 18.4. The monoisotopic (exact) mass is 288 g/mol. The van der Waals surface area contributed by atoms with Gasteiger partial charge in [0.1, 0.15) is 5.69 Å². The maximum Gasteiger partial charge on any atom is 0.220 e. The molecular formula is C13H12N4O2S. The quantitative estimate of drug-likeness (QED) is 0.499. The third-order valence-corrected chi connectivity index (χ3v) is 4.34. The summed E-state index contributed by atoms with van der Waals surface area (Å²) in [7, 11) is 0. The van der Waals surface area contributed by atoms with Gasteiger partial charge in [0.05, 0.1) is 17.5 Å². The summed E-state index contributed by atoms with van der Waals surface area (Å²) in [5.74, 6) is 0.168. The predicted octanol–water partition coefficient (Wildman–Crippen LogP) is 1.84. The second kappa shape index (κ2) is 5.01. The van der Waals surface area contributed by atoms with Crippen LogP contribution in [0.3, 0.4) is 0 Å². The van der Waals surface area contributed by atoms with Crippen molar-refractivity contribution in [3.05, 3.63) is 39.3 Å². The molecule has 1 atom stereocenters. The molecule has 3 rings (SSSR count). The molecule has 0 saturated heterocycles. The predicted molar refractivity (Wildman–Crippen MR) is 75.5 cm³/mol. The van der Waals surface area contributed by atoms with Crippen LogP contribution in [0.5, 0.6) is 0 Å². The number of nitrogen functional groups attached to an aromatic ring is 1. The van der Waals surface area contributed by atoms with E-state index in [1.54, 1.807) is 11.3 Å². The molecule has 0 aliphatic heterocycles. The van der Waals surface area contributed by atoms with E-state index in [0.717, 1.165) is 6.21 Å². The molecule has 2 aromatic rings. The number of aromatic nitrogens is 2. The fourth-order valence-electron chi connectivity index (χ4n) is 2.50. The first-order valence-electron chi connectivity index (χ1n) is 6.09. The van der Waals surface area contributed by atoms with E-state index in [-0.39, 0.29) is 23.3 Å². The Hall–Kier alpha value is -2.28. The van der Waals surface area contributed by atoms with Gasteiger partial charge in [-0.05, 0) is 17.9 Å². The highest BCUT2D eigenvalue weighted by molar-refractivity contribution is 7.10. The number of nitrogens with zero attached hydrogens (tertiary/aromatic N) is 3. The van der Waals surface area contributed by atoms with Gasteiger partial charge in [0.15, 0.2) is 5.78 Å². The van der Waals surface area contributed by atoms with E-state index in [9.17, 15) is 4.79 Å². The summed E-state index contributed by atoms with van der Waals surface area (Å²) in [5.41, 5.74) is 6.98. The van der Waals surface area contributed by atoms with Crippen molar-refractivity contribution in [1.29, 1.82) is 0 Å². The molecule has 7 heteroatoms. The van der Waals surface area contributed by atoms with Gasteiger partial charge in [-0.2, -0.15) is 0 Å². The van der Waals surface area contributed by atoms with Gasteiger partial charge in [0.25, 0.3) is 0 Å².